The van der Waals surface area contributed by atoms with Crippen molar-refractivity contribution in [3.05, 3.63) is 35.9 Å². The van der Waals surface area contributed by atoms with Crippen LogP contribution < -0.4 is 15.0 Å². The van der Waals surface area contributed by atoms with Crippen molar-refractivity contribution in [3.8, 4) is 5.75 Å². The number of rotatable bonds is 5. The van der Waals surface area contributed by atoms with Gasteiger partial charge in [0.1, 0.15) is 18.1 Å². The van der Waals surface area contributed by atoms with Gasteiger partial charge in [-0.3, -0.25) is 0 Å². The average molecular weight is 525 g/mol. The molecule has 0 unspecified atom stereocenters. The van der Waals surface area contributed by atoms with Crippen LogP contribution in [0.15, 0.2) is 29.3 Å². The molecule has 4 rings (SSSR count). The monoisotopic (exact) mass is 525 g/mol. The van der Waals surface area contributed by atoms with Crippen LogP contribution in [0.1, 0.15) is 31.4 Å². The molecule has 1 fully saturated rings. The molecule has 2 aromatic rings. The van der Waals surface area contributed by atoms with E-state index in [1.54, 1.807) is 7.11 Å². The van der Waals surface area contributed by atoms with Crippen molar-refractivity contribution in [1.29, 1.82) is 0 Å². The molecule has 0 atom stereocenters. The molecule has 0 saturated carbocycles. The van der Waals surface area contributed by atoms with Crippen LogP contribution in [0.4, 0.5) is 5.69 Å². The van der Waals surface area contributed by atoms with Crippen LogP contribution in [0.3, 0.4) is 0 Å². The molecule has 3 heterocycles. The van der Waals surface area contributed by atoms with Crippen LogP contribution >= 0.6 is 24.0 Å². The topological polar surface area (TPSA) is 70.8 Å². The van der Waals surface area contributed by atoms with Crippen LogP contribution in [0.25, 0.3) is 0 Å². The number of benzene rings is 1. The van der Waals surface area contributed by atoms with Crippen molar-refractivity contribution in [2.24, 2.45) is 4.99 Å². The predicted octanol–water partition coefficient (Wildman–Crippen LogP) is 2.53. The SMILES string of the molecule is CCNC(=NCc1nnc2n1CCCC2)N1CCN(c2ccc(OC)cc2)CC1.I. The molecule has 0 bridgehead atoms. The third-order valence-electron chi connectivity index (χ3n) is 5.66. The van der Waals surface area contributed by atoms with Crippen LogP contribution in [0.5, 0.6) is 5.75 Å². The summed E-state index contributed by atoms with van der Waals surface area (Å²) in [5, 5.41) is 12.2. The first-order valence-electron chi connectivity index (χ1n) is 10.6. The third kappa shape index (κ3) is 5.16. The molecule has 0 aliphatic carbocycles. The summed E-state index contributed by atoms with van der Waals surface area (Å²) in [5.41, 5.74) is 1.24. The first-order valence-corrected chi connectivity index (χ1v) is 10.6. The molecule has 1 aromatic heterocycles. The lowest BCUT2D eigenvalue weighted by atomic mass is 10.2. The number of guanidine groups is 1. The van der Waals surface area contributed by atoms with E-state index in [9.17, 15) is 0 Å². The van der Waals surface area contributed by atoms with E-state index in [1.165, 1.54) is 18.5 Å². The number of aryl methyl sites for hydroxylation is 1. The van der Waals surface area contributed by atoms with Crippen LogP contribution in [0.2, 0.25) is 0 Å². The molecule has 8 nitrogen and oxygen atoms in total. The van der Waals surface area contributed by atoms with E-state index in [4.69, 9.17) is 9.73 Å². The van der Waals surface area contributed by atoms with Gasteiger partial charge in [-0.2, -0.15) is 0 Å². The second-order valence-electron chi connectivity index (χ2n) is 7.48. The summed E-state index contributed by atoms with van der Waals surface area (Å²) >= 11 is 0. The van der Waals surface area contributed by atoms with Gasteiger partial charge >= 0.3 is 0 Å². The van der Waals surface area contributed by atoms with Crippen molar-refractivity contribution in [2.45, 2.75) is 39.3 Å². The number of nitrogens with zero attached hydrogens (tertiary/aromatic N) is 6. The minimum atomic E-state index is 0. The summed E-state index contributed by atoms with van der Waals surface area (Å²) < 4.78 is 7.51. The first kappa shape index (κ1) is 22.6. The summed E-state index contributed by atoms with van der Waals surface area (Å²) in [4.78, 5) is 9.64. The molecule has 2 aliphatic rings. The molecule has 9 heteroatoms. The number of piperazine rings is 1. The van der Waals surface area contributed by atoms with E-state index in [-0.39, 0.29) is 24.0 Å². The fourth-order valence-electron chi connectivity index (χ4n) is 4.03. The number of hydrogen-bond acceptors (Lipinski definition) is 5. The molecule has 0 radical (unpaired) electrons. The number of anilines is 1. The van der Waals surface area contributed by atoms with Gasteiger partial charge in [-0.05, 0) is 44.0 Å². The molecule has 2 aliphatic heterocycles. The number of nitrogens with one attached hydrogen (secondary N) is 1. The van der Waals surface area contributed by atoms with Crippen LogP contribution in [-0.2, 0) is 19.5 Å². The number of aliphatic imine (C=N–C) groups is 1. The summed E-state index contributed by atoms with van der Waals surface area (Å²) in [6.07, 6.45) is 3.45. The van der Waals surface area contributed by atoms with Crippen LogP contribution in [-0.4, -0.2) is 65.5 Å². The fraction of sp³-hybridized carbons (Fsp3) is 0.571. The van der Waals surface area contributed by atoms with Gasteiger partial charge in [0.05, 0.1) is 7.11 Å². The lowest BCUT2D eigenvalue weighted by Gasteiger charge is -2.37. The van der Waals surface area contributed by atoms with Crippen molar-refractivity contribution < 1.29 is 4.74 Å². The Bertz CT molecular complexity index is 828. The largest absolute Gasteiger partial charge is 0.497 e. The Morgan fingerprint density at radius 3 is 2.53 bits per heavy atom. The van der Waals surface area contributed by atoms with E-state index in [2.05, 4.69) is 48.9 Å². The highest BCUT2D eigenvalue weighted by Crippen LogP contribution is 2.20. The maximum absolute atomic E-state index is 5.26. The van der Waals surface area contributed by atoms with Gasteiger partial charge in [-0.25, -0.2) is 4.99 Å². The van der Waals surface area contributed by atoms with E-state index >= 15 is 0 Å². The maximum Gasteiger partial charge on any atom is 0.194 e. The number of fused-ring (bicyclic) bond motifs is 1. The Morgan fingerprint density at radius 1 is 1.07 bits per heavy atom. The molecule has 0 spiro atoms. The van der Waals surface area contributed by atoms with E-state index < -0.39 is 0 Å². The van der Waals surface area contributed by atoms with E-state index in [1.807, 2.05) is 12.1 Å². The summed E-state index contributed by atoms with van der Waals surface area (Å²) in [6.45, 7) is 8.38. The second-order valence-corrected chi connectivity index (χ2v) is 7.48. The molecule has 1 saturated heterocycles. The lowest BCUT2D eigenvalue weighted by Crippen LogP contribution is -2.52. The Hall–Kier alpha value is -2.04. The zero-order chi connectivity index (χ0) is 20.1. The molecule has 1 aromatic carbocycles. The van der Waals surface area contributed by atoms with Gasteiger partial charge in [0, 0.05) is 51.4 Å². The fourth-order valence-corrected chi connectivity index (χ4v) is 4.03. The van der Waals surface area contributed by atoms with Crippen molar-refractivity contribution in [1.82, 2.24) is 25.0 Å². The minimum absolute atomic E-state index is 0. The summed E-state index contributed by atoms with van der Waals surface area (Å²) in [6, 6.07) is 8.30. The number of ether oxygens (including phenoxy) is 1. The highest BCUT2D eigenvalue weighted by molar-refractivity contribution is 14.0. The van der Waals surface area contributed by atoms with E-state index in [0.29, 0.717) is 6.54 Å². The number of aromatic nitrogens is 3. The molecule has 164 valence electrons. The Labute approximate surface area is 195 Å². The molecular weight excluding hydrogens is 493 g/mol. The lowest BCUT2D eigenvalue weighted by molar-refractivity contribution is 0.372. The molecular formula is C21H32IN7O. The quantitative estimate of drug-likeness (QED) is 0.368. The zero-order valence-electron chi connectivity index (χ0n) is 17.9. The van der Waals surface area contributed by atoms with Gasteiger partial charge in [0.25, 0.3) is 0 Å². The third-order valence-corrected chi connectivity index (χ3v) is 5.66. The summed E-state index contributed by atoms with van der Waals surface area (Å²) in [7, 11) is 1.70. The van der Waals surface area contributed by atoms with Gasteiger partial charge in [-0.15, -0.1) is 34.2 Å². The zero-order valence-corrected chi connectivity index (χ0v) is 20.2. The van der Waals surface area contributed by atoms with Gasteiger partial charge in [-0.1, -0.05) is 0 Å². The molecule has 0 amide bonds. The maximum atomic E-state index is 5.26. The second kappa shape index (κ2) is 10.8. The Morgan fingerprint density at radius 2 is 1.83 bits per heavy atom. The normalized spacial score (nSPS) is 16.7. The highest BCUT2D eigenvalue weighted by Gasteiger charge is 2.21. The number of methoxy groups -OCH3 is 1. The van der Waals surface area contributed by atoms with E-state index in [0.717, 1.165) is 69.0 Å². The minimum Gasteiger partial charge on any atom is -0.497 e. The highest BCUT2D eigenvalue weighted by atomic mass is 127. The van der Waals surface area contributed by atoms with Crippen molar-refractivity contribution >= 4 is 35.6 Å². The van der Waals surface area contributed by atoms with Crippen LogP contribution in [0, 0.1) is 0 Å². The van der Waals surface area contributed by atoms with Gasteiger partial charge in [0.2, 0.25) is 0 Å². The number of halogens is 1. The Balaban J connectivity index is 0.00000256. The molecule has 30 heavy (non-hydrogen) atoms. The predicted molar refractivity (Wildman–Crippen MR) is 130 cm³/mol. The van der Waals surface area contributed by atoms with Gasteiger partial charge < -0.3 is 24.4 Å². The van der Waals surface area contributed by atoms with Crippen molar-refractivity contribution in [2.75, 3.05) is 44.7 Å². The first-order chi connectivity index (χ1) is 14.3. The standard InChI is InChI=1S/C21H31N7O.HI/c1-3-22-21(23-16-20-25-24-19-6-4-5-11-28(19)20)27-14-12-26(13-15-27)17-7-9-18(29-2)10-8-17;/h7-10H,3-6,11-16H2,1-2H3,(H,22,23);1H. The van der Waals surface area contributed by atoms with Crippen molar-refractivity contribution in [3.63, 3.8) is 0 Å². The smallest absolute Gasteiger partial charge is 0.194 e. The molecule has 1 N–H and O–H groups in total. The Kier molecular flexibility index (Phi) is 8.17. The number of hydrogen-bond donors (Lipinski definition) is 1. The average Bonchev–Trinajstić information content (AvgIpc) is 3.20. The van der Waals surface area contributed by atoms with Gasteiger partial charge in [0.15, 0.2) is 11.8 Å². The summed E-state index contributed by atoms with van der Waals surface area (Å²) in [5.74, 6) is 3.95.